The number of ether oxygens (including phenoxy) is 3. The van der Waals surface area contributed by atoms with Crippen molar-refractivity contribution in [2.24, 2.45) is 21.7 Å². The molecule has 0 aliphatic carbocycles. The van der Waals surface area contributed by atoms with E-state index in [-0.39, 0.29) is 36.1 Å². The predicted octanol–water partition coefficient (Wildman–Crippen LogP) is 5.50. The van der Waals surface area contributed by atoms with Gasteiger partial charge in [0.25, 0.3) is 0 Å². The van der Waals surface area contributed by atoms with E-state index in [2.05, 4.69) is 46.9 Å². The minimum atomic E-state index is -0.894. The van der Waals surface area contributed by atoms with E-state index in [1.54, 1.807) is 0 Å². The fraction of sp³-hybridized carbons (Fsp3) is 0.880. The van der Waals surface area contributed by atoms with Gasteiger partial charge in [0.1, 0.15) is 13.2 Å². The lowest BCUT2D eigenvalue weighted by Gasteiger charge is -2.33. The highest BCUT2D eigenvalue weighted by molar-refractivity contribution is 5.77. The number of hydrogen-bond donors (Lipinski definition) is 1. The molecule has 0 aromatic heterocycles. The van der Waals surface area contributed by atoms with Gasteiger partial charge in [-0.25, -0.2) is 4.79 Å². The molecule has 188 valence electrons. The van der Waals surface area contributed by atoms with Crippen LogP contribution in [0.1, 0.15) is 95.9 Å². The van der Waals surface area contributed by atoms with E-state index in [1.165, 1.54) is 0 Å². The molecule has 0 fully saturated rings. The number of carbonyl (C=O) groups is 3. The number of esters is 2. The summed E-state index contributed by atoms with van der Waals surface area (Å²) in [4.78, 5) is 37.5. The van der Waals surface area contributed by atoms with Crippen LogP contribution in [0.5, 0.6) is 0 Å². The summed E-state index contributed by atoms with van der Waals surface area (Å²) in [7, 11) is 0. The molecular formula is C25H47NO6. The van der Waals surface area contributed by atoms with E-state index < -0.39 is 29.0 Å². The molecule has 0 radical (unpaired) electrons. The van der Waals surface area contributed by atoms with Crippen LogP contribution in [0, 0.1) is 21.7 Å². The van der Waals surface area contributed by atoms with Crippen LogP contribution in [0.4, 0.5) is 4.79 Å². The van der Waals surface area contributed by atoms with Gasteiger partial charge in [-0.15, -0.1) is 0 Å². The van der Waals surface area contributed by atoms with Crippen molar-refractivity contribution in [2.75, 3.05) is 13.2 Å². The topological polar surface area (TPSA) is 90.9 Å². The molecule has 0 spiro atoms. The minimum absolute atomic E-state index is 0.0522. The Balaban J connectivity index is 5.29. The van der Waals surface area contributed by atoms with Gasteiger partial charge in [0.2, 0.25) is 0 Å². The molecule has 0 aromatic carbocycles. The SMILES string of the molecule is CC(C)NC(=O)OCC(COC(=O)C(C)(C)CC(C)(C)C)OC(=O)C(C)(C)CC(C)(C)C. The van der Waals surface area contributed by atoms with Crippen molar-refractivity contribution >= 4 is 18.0 Å². The lowest BCUT2D eigenvalue weighted by molar-refractivity contribution is -0.173. The molecule has 1 unspecified atom stereocenters. The van der Waals surface area contributed by atoms with Gasteiger partial charge in [-0.3, -0.25) is 9.59 Å². The third-order valence-corrected chi connectivity index (χ3v) is 4.53. The fourth-order valence-electron chi connectivity index (χ4n) is 4.03. The molecule has 0 aromatic rings. The molecule has 0 bridgehead atoms. The van der Waals surface area contributed by atoms with Crippen LogP contribution in [0.15, 0.2) is 0 Å². The van der Waals surface area contributed by atoms with Gasteiger partial charge in [-0.1, -0.05) is 41.5 Å². The summed E-state index contributed by atoms with van der Waals surface area (Å²) >= 11 is 0. The van der Waals surface area contributed by atoms with Crippen LogP contribution >= 0.6 is 0 Å². The van der Waals surface area contributed by atoms with Gasteiger partial charge < -0.3 is 19.5 Å². The zero-order valence-corrected chi connectivity index (χ0v) is 22.4. The van der Waals surface area contributed by atoms with Gasteiger partial charge in [0.05, 0.1) is 10.8 Å². The maximum atomic E-state index is 12.9. The van der Waals surface area contributed by atoms with Crippen LogP contribution in [0.2, 0.25) is 0 Å². The molecule has 7 heteroatoms. The summed E-state index contributed by atoms with van der Waals surface area (Å²) in [5, 5.41) is 2.62. The summed E-state index contributed by atoms with van der Waals surface area (Å²) in [5.41, 5.74) is -1.57. The van der Waals surface area contributed by atoms with Crippen molar-refractivity contribution in [2.45, 2.75) is 108 Å². The predicted molar refractivity (Wildman–Crippen MR) is 126 cm³/mol. The van der Waals surface area contributed by atoms with Crippen molar-refractivity contribution in [3.05, 3.63) is 0 Å². The summed E-state index contributed by atoms with van der Waals surface area (Å²) in [6.45, 7) is 22.9. The summed E-state index contributed by atoms with van der Waals surface area (Å²) in [5.74, 6) is -0.802. The van der Waals surface area contributed by atoms with Gasteiger partial charge in [0, 0.05) is 6.04 Å². The quantitative estimate of drug-likeness (QED) is 0.344. The van der Waals surface area contributed by atoms with Gasteiger partial charge in [-0.2, -0.15) is 0 Å². The van der Waals surface area contributed by atoms with Crippen molar-refractivity contribution in [1.82, 2.24) is 5.32 Å². The van der Waals surface area contributed by atoms with Crippen LogP contribution < -0.4 is 5.32 Å². The molecule has 32 heavy (non-hydrogen) atoms. The standard InChI is InChI=1S/C25H47NO6/c1-17(2)26-21(29)31-14-18(32-20(28)25(11,12)16-23(6,7)8)13-30-19(27)24(9,10)15-22(3,4)5/h17-18H,13-16H2,1-12H3,(H,26,29). The molecular weight excluding hydrogens is 410 g/mol. The fourth-order valence-corrected chi connectivity index (χ4v) is 4.03. The number of nitrogens with one attached hydrogen (secondary N) is 1. The van der Waals surface area contributed by atoms with E-state index in [0.717, 1.165) is 0 Å². The van der Waals surface area contributed by atoms with Crippen LogP contribution in [-0.2, 0) is 23.8 Å². The van der Waals surface area contributed by atoms with Crippen molar-refractivity contribution in [3.63, 3.8) is 0 Å². The molecule has 0 aliphatic heterocycles. The maximum Gasteiger partial charge on any atom is 0.407 e. The third-order valence-electron chi connectivity index (χ3n) is 4.53. The zero-order chi connectivity index (χ0) is 25.5. The summed E-state index contributed by atoms with van der Waals surface area (Å²) in [6, 6.07) is -0.0924. The first-order valence-corrected chi connectivity index (χ1v) is 11.5. The Labute approximate surface area is 195 Å². The van der Waals surface area contributed by atoms with Crippen LogP contribution in [0.3, 0.4) is 0 Å². The zero-order valence-electron chi connectivity index (χ0n) is 22.4. The molecule has 0 saturated heterocycles. The minimum Gasteiger partial charge on any atom is -0.461 e. The van der Waals surface area contributed by atoms with Crippen LogP contribution in [0.25, 0.3) is 0 Å². The van der Waals surface area contributed by atoms with E-state index in [4.69, 9.17) is 14.2 Å². The maximum absolute atomic E-state index is 12.9. The highest BCUT2D eigenvalue weighted by atomic mass is 16.6. The highest BCUT2D eigenvalue weighted by Gasteiger charge is 2.37. The lowest BCUT2D eigenvalue weighted by Crippen LogP contribution is -2.40. The average Bonchev–Trinajstić information content (AvgIpc) is 2.51. The molecule has 0 saturated carbocycles. The molecule has 1 amide bonds. The van der Waals surface area contributed by atoms with E-state index in [9.17, 15) is 14.4 Å². The van der Waals surface area contributed by atoms with Crippen LogP contribution in [-0.4, -0.2) is 43.4 Å². The Hall–Kier alpha value is -1.79. The Kier molecular flexibility index (Phi) is 10.7. The second-order valence-corrected chi connectivity index (χ2v) is 12.8. The van der Waals surface area contributed by atoms with Crippen molar-refractivity contribution in [1.29, 1.82) is 0 Å². The lowest BCUT2D eigenvalue weighted by atomic mass is 9.76. The average molecular weight is 458 g/mol. The highest BCUT2D eigenvalue weighted by Crippen LogP contribution is 2.35. The van der Waals surface area contributed by atoms with Crippen molar-refractivity contribution in [3.8, 4) is 0 Å². The van der Waals surface area contributed by atoms with E-state index >= 15 is 0 Å². The second-order valence-electron chi connectivity index (χ2n) is 12.8. The van der Waals surface area contributed by atoms with E-state index in [0.29, 0.717) is 12.8 Å². The number of rotatable bonds is 10. The van der Waals surface area contributed by atoms with Gasteiger partial charge in [0.15, 0.2) is 6.10 Å². The first-order chi connectivity index (χ1) is 14.1. The Bertz CT molecular complexity index is 638. The molecule has 1 atom stereocenters. The number of alkyl carbamates (subject to hydrolysis) is 1. The largest absolute Gasteiger partial charge is 0.461 e. The smallest absolute Gasteiger partial charge is 0.407 e. The first-order valence-electron chi connectivity index (χ1n) is 11.5. The first kappa shape index (κ1) is 30.2. The van der Waals surface area contributed by atoms with Gasteiger partial charge >= 0.3 is 18.0 Å². The molecule has 0 aliphatic rings. The number of amides is 1. The number of carbonyl (C=O) groups excluding carboxylic acids is 3. The normalized spacial score (nSPS) is 14.0. The molecule has 0 rings (SSSR count). The van der Waals surface area contributed by atoms with Gasteiger partial charge in [-0.05, 0) is 65.2 Å². The molecule has 1 N–H and O–H groups in total. The van der Waals surface area contributed by atoms with Crippen molar-refractivity contribution < 1.29 is 28.6 Å². The summed E-state index contributed by atoms with van der Waals surface area (Å²) in [6.07, 6.45) is -0.267. The second kappa shape index (κ2) is 11.4. The molecule has 0 heterocycles. The molecule has 7 nitrogen and oxygen atoms in total. The number of hydrogen-bond acceptors (Lipinski definition) is 6. The Morgan fingerprint density at radius 3 is 1.50 bits per heavy atom. The monoisotopic (exact) mass is 457 g/mol. The Morgan fingerprint density at radius 2 is 1.09 bits per heavy atom. The van der Waals surface area contributed by atoms with E-state index in [1.807, 2.05) is 41.5 Å². The Morgan fingerprint density at radius 1 is 0.688 bits per heavy atom. The summed E-state index contributed by atoms with van der Waals surface area (Å²) < 4.78 is 16.4. The third kappa shape index (κ3) is 12.9.